The van der Waals surface area contributed by atoms with Crippen LogP contribution in [0.5, 0.6) is 0 Å². The Morgan fingerprint density at radius 3 is 3.12 bits per heavy atom. The van der Waals surface area contributed by atoms with E-state index in [0.717, 1.165) is 10.4 Å². The molecule has 3 heteroatoms. The first-order chi connectivity index (χ1) is 7.83. The first kappa shape index (κ1) is 10.5. The van der Waals surface area contributed by atoms with Gasteiger partial charge >= 0.3 is 0 Å². The molecular formula is C13H15BrN2. The van der Waals surface area contributed by atoms with Crippen LogP contribution in [0.2, 0.25) is 0 Å². The fourth-order valence-electron chi connectivity index (χ4n) is 2.77. The second-order valence-electron chi connectivity index (χ2n) is 4.67. The minimum atomic E-state index is 0.600. The van der Waals surface area contributed by atoms with Gasteiger partial charge < -0.3 is 5.32 Å². The highest BCUT2D eigenvalue weighted by Gasteiger charge is 2.29. The van der Waals surface area contributed by atoms with Gasteiger partial charge in [-0.15, -0.1) is 0 Å². The smallest absolute Gasteiger partial charge is 0.0410 e. The summed E-state index contributed by atoms with van der Waals surface area (Å²) < 4.78 is 1.06. The average Bonchev–Trinajstić information content (AvgIpc) is 2.72. The summed E-state index contributed by atoms with van der Waals surface area (Å²) in [5.74, 6) is 0.808. The summed E-state index contributed by atoms with van der Waals surface area (Å²) in [4.78, 5) is 4.24. The maximum absolute atomic E-state index is 4.24. The number of nitrogens with zero attached hydrogens (tertiary/aromatic N) is 1. The van der Waals surface area contributed by atoms with Crippen LogP contribution < -0.4 is 5.32 Å². The van der Waals surface area contributed by atoms with Crippen LogP contribution >= 0.6 is 15.9 Å². The van der Waals surface area contributed by atoms with Crippen LogP contribution in [0.25, 0.3) is 5.57 Å². The number of nitrogens with one attached hydrogen (secondary N) is 1. The van der Waals surface area contributed by atoms with E-state index in [1.807, 2.05) is 12.4 Å². The van der Waals surface area contributed by atoms with E-state index in [2.05, 4.69) is 38.4 Å². The van der Waals surface area contributed by atoms with Gasteiger partial charge in [0.2, 0.25) is 0 Å². The molecule has 1 aliphatic heterocycles. The van der Waals surface area contributed by atoms with E-state index in [0.29, 0.717) is 6.04 Å². The Hall–Kier alpha value is -0.670. The van der Waals surface area contributed by atoms with Crippen LogP contribution in [-0.2, 0) is 0 Å². The standard InChI is InChI=1S/C13H15BrN2/c14-12-5-11(7-15-8-12)10-4-9-2-1-3-16-13(9)6-10/h5-9,13,16H,1-4H2/t9-,13+/m0/s1. The summed E-state index contributed by atoms with van der Waals surface area (Å²) in [5, 5.41) is 3.59. The van der Waals surface area contributed by atoms with Gasteiger partial charge in [0.25, 0.3) is 0 Å². The molecule has 84 valence electrons. The second kappa shape index (κ2) is 4.30. The van der Waals surface area contributed by atoms with Gasteiger partial charge in [-0.3, -0.25) is 4.98 Å². The lowest BCUT2D eigenvalue weighted by Crippen LogP contribution is -2.37. The molecule has 1 aromatic heterocycles. The monoisotopic (exact) mass is 278 g/mol. The summed E-state index contributed by atoms with van der Waals surface area (Å²) in [6.45, 7) is 1.17. The molecule has 0 bridgehead atoms. The van der Waals surface area contributed by atoms with Gasteiger partial charge in [0.15, 0.2) is 0 Å². The lowest BCUT2D eigenvalue weighted by Gasteiger charge is -2.25. The predicted molar refractivity (Wildman–Crippen MR) is 69.0 cm³/mol. The normalized spacial score (nSPS) is 28.7. The largest absolute Gasteiger partial charge is 0.310 e. The summed E-state index contributed by atoms with van der Waals surface area (Å²) >= 11 is 3.48. The van der Waals surface area contributed by atoms with Crippen LogP contribution in [0.4, 0.5) is 0 Å². The maximum atomic E-state index is 4.24. The molecule has 0 amide bonds. The number of piperidine rings is 1. The second-order valence-corrected chi connectivity index (χ2v) is 5.59. The van der Waals surface area contributed by atoms with Crippen molar-refractivity contribution in [2.24, 2.45) is 5.92 Å². The summed E-state index contributed by atoms with van der Waals surface area (Å²) in [5.41, 5.74) is 2.73. The Balaban J connectivity index is 1.86. The molecule has 0 aromatic carbocycles. The van der Waals surface area contributed by atoms with Gasteiger partial charge in [0.05, 0.1) is 0 Å². The number of allylic oxidation sites excluding steroid dienone is 1. The van der Waals surface area contributed by atoms with Crippen molar-refractivity contribution in [3.8, 4) is 0 Å². The van der Waals surface area contributed by atoms with E-state index < -0.39 is 0 Å². The van der Waals surface area contributed by atoms with Crippen LogP contribution in [0.3, 0.4) is 0 Å². The molecule has 0 unspecified atom stereocenters. The number of fused-ring (bicyclic) bond motifs is 1. The molecule has 0 saturated carbocycles. The van der Waals surface area contributed by atoms with Crippen molar-refractivity contribution in [2.75, 3.05) is 6.54 Å². The highest BCUT2D eigenvalue weighted by molar-refractivity contribution is 9.10. The van der Waals surface area contributed by atoms with E-state index in [1.54, 1.807) is 0 Å². The van der Waals surface area contributed by atoms with E-state index in [4.69, 9.17) is 0 Å². The molecule has 1 saturated heterocycles. The van der Waals surface area contributed by atoms with Crippen LogP contribution in [0.1, 0.15) is 24.8 Å². The molecule has 0 radical (unpaired) electrons. The lowest BCUT2D eigenvalue weighted by atomic mass is 9.92. The SMILES string of the molecule is Brc1cncc(C2=C[C@H]3NCCC[C@H]3C2)c1. The Morgan fingerprint density at radius 1 is 1.38 bits per heavy atom. The molecule has 1 N–H and O–H groups in total. The molecule has 0 spiro atoms. The number of rotatable bonds is 1. The van der Waals surface area contributed by atoms with E-state index in [9.17, 15) is 0 Å². The Labute approximate surface area is 104 Å². The third-order valence-corrected chi connectivity index (χ3v) is 4.01. The van der Waals surface area contributed by atoms with Crippen molar-refractivity contribution in [2.45, 2.75) is 25.3 Å². The molecule has 3 rings (SSSR count). The molecule has 2 aliphatic rings. The first-order valence-electron chi connectivity index (χ1n) is 5.88. The number of hydrogen-bond donors (Lipinski definition) is 1. The predicted octanol–water partition coefficient (Wildman–Crippen LogP) is 3.00. The lowest BCUT2D eigenvalue weighted by molar-refractivity contribution is 0.341. The van der Waals surface area contributed by atoms with Crippen LogP contribution in [0.15, 0.2) is 29.0 Å². The summed E-state index contributed by atoms with van der Waals surface area (Å²) in [6, 6.07) is 2.76. The number of pyridine rings is 1. The number of aromatic nitrogens is 1. The van der Waals surface area contributed by atoms with Crippen molar-refractivity contribution in [1.29, 1.82) is 0 Å². The molecule has 1 aromatic rings. The van der Waals surface area contributed by atoms with E-state index in [-0.39, 0.29) is 0 Å². The van der Waals surface area contributed by atoms with Gasteiger partial charge in [-0.05, 0) is 64.9 Å². The molecule has 1 aliphatic carbocycles. The maximum Gasteiger partial charge on any atom is 0.0410 e. The van der Waals surface area contributed by atoms with Gasteiger partial charge in [0.1, 0.15) is 0 Å². The zero-order valence-corrected chi connectivity index (χ0v) is 10.7. The van der Waals surface area contributed by atoms with Gasteiger partial charge in [-0.2, -0.15) is 0 Å². The Bertz CT molecular complexity index is 428. The van der Waals surface area contributed by atoms with Gasteiger partial charge in [-0.1, -0.05) is 6.08 Å². The molecule has 16 heavy (non-hydrogen) atoms. The van der Waals surface area contributed by atoms with Crippen LogP contribution in [0, 0.1) is 5.92 Å². The molecule has 2 atom stereocenters. The fourth-order valence-corrected chi connectivity index (χ4v) is 3.14. The highest BCUT2D eigenvalue weighted by atomic mass is 79.9. The average molecular weight is 279 g/mol. The first-order valence-corrected chi connectivity index (χ1v) is 6.67. The molecule has 1 fully saturated rings. The third-order valence-electron chi connectivity index (χ3n) is 3.58. The van der Waals surface area contributed by atoms with E-state index >= 15 is 0 Å². The Morgan fingerprint density at radius 2 is 2.31 bits per heavy atom. The van der Waals surface area contributed by atoms with Crippen molar-refractivity contribution < 1.29 is 0 Å². The summed E-state index contributed by atoms with van der Waals surface area (Å²) in [6.07, 6.45) is 10.1. The van der Waals surface area contributed by atoms with Gasteiger partial charge in [0, 0.05) is 22.9 Å². The zero-order chi connectivity index (χ0) is 11.0. The highest BCUT2D eigenvalue weighted by Crippen LogP contribution is 2.36. The number of hydrogen-bond acceptors (Lipinski definition) is 2. The molecular weight excluding hydrogens is 264 g/mol. The minimum absolute atomic E-state index is 0.600. The van der Waals surface area contributed by atoms with Crippen molar-refractivity contribution in [1.82, 2.24) is 10.3 Å². The molecule has 2 heterocycles. The van der Waals surface area contributed by atoms with Gasteiger partial charge in [-0.25, -0.2) is 0 Å². The third kappa shape index (κ3) is 1.94. The van der Waals surface area contributed by atoms with Crippen LogP contribution in [-0.4, -0.2) is 17.6 Å². The minimum Gasteiger partial charge on any atom is -0.310 e. The Kier molecular flexibility index (Phi) is 2.82. The zero-order valence-electron chi connectivity index (χ0n) is 9.12. The molecule has 2 nitrogen and oxygen atoms in total. The van der Waals surface area contributed by atoms with Crippen molar-refractivity contribution in [3.63, 3.8) is 0 Å². The fraction of sp³-hybridized carbons (Fsp3) is 0.462. The van der Waals surface area contributed by atoms with Crippen molar-refractivity contribution >= 4 is 21.5 Å². The quantitative estimate of drug-likeness (QED) is 0.854. The topological polar surface area (TPSA) is 24.9 Å². The number of halogens is 1. The van der Waals surface area contributed by atoms with E-state index in [1.165, 1.54) is 36.9 Å². The summed E-state index contributed by atoms with van der Waals surface area (Å²) in [7, 11) is 0. The van der Waals surface area contributed by atoms with Crippen molar-refractivity contribution in [3.05, 3.63) is 34.6 Å².